The van der Waals surface area contributed by atoms with Crippen LogP contribution in [0.4, 0.5) is 0 Å². The highest BCUT2D eigenvalue weighted by Gasteiger charge is 2.13. The van der Waals surface area contributed by atoms with Gasteiger partial charge in [0.25, 0.3) is 0 Å². The Kier molecular flexibility index (Phi) is 4.70. The topological polar surface area (TPSA) is 73.0 Å². The lowest BCUT2D eigenvalue weighted by Crippen LogP contribution is -2.28. The normalized spacial score (nSPS) is 12.2. The van der Waals surface area contributed by atoms with Crippen LogP contribution >= 0.6 is 0 Å². The Morgan fingerprint density at radius 2 is 1.92 bits per heavy atom. The quantitative estimate of drug-likeness (QED) is 0.775. The molecule has 0 unspecified atom stereocenters. The first-order chi connectivity index (χ1) is 11.9. The maximum absolute atomic E-state index is 12.1. The number of rotatable bonds is 5. The number of aromatic nitrogens is 3. The molecule has 3 rings (SSSR count). The zero-order valence-electron chi connectivity index (χ0n) is 14.9. The molecule has 1 amide bonds. The number of hydrogen-bond donors (Lipinski definition) is 1. The molecule has 2 heterocycles. The van der Waals surface area contributed by atoms with Crippen LogP contribution in [0.25, 0.3) is 5.69 Å². The van der Waals surface area contributed by atoms with E-state index in [1.54, 1.807) is 13.0 Å². The first-order valence-electron chi connectivity index (χ1n) is 8.27. The summed E-state index contributed by atoms with van der Waals surface area (Å²) in [5, 5.41) is 11.3. The molecule has 0 saturated heterocycles. The van der Waals surface area contributed by atoms with Crippen LogP contribution in [0.1, 0.15) is 41.4 Å². The van der Waals surface area contributed by atoms with Gasteiger partial charge in [0.15, 0.2) is 0 Å². The molecule has 0 saturated carbocycles. The lowest BCUT2D eigenvalue weighted by Gasteiger charge is -2.15. The average molecular weight is 338 g/mol. The molecule has 3 aromatic rings. The SMILES string of the molecule is Cc1cc(C)n(-c2ccc([C@@H](C)NC(=O)Cc3cc(C)on3)cc2)n1. The summed E-state index contributed by atoms with van der Waals surface area (Å²) in [7, 11) is 0. The summed E-state index contributed by atoms with van der Waals surface area (Å²) in [5.74, 6) is 0.624. The van der Waals surface area contributed by atoms with E-state index in [4.69, 9.17) is 4.52 Å². The van der Waals surface area contributed by atoms with Gasteiger partial charge in [-0.2, -0.15) is 5.10 Å². The molecule has 0 bridgehead atoms. The minimum atomic E-state index is -0.0880. The monoisotopic (exact) mass is 338 g/mol. The van der Waals surface area contributed by atoms with Gasteiger partial charge in [-0.15, -0.1) is 0 Å². The molecule has 2 aromatic heterocycles. The molecule has 0 aliphatic heterocycles. The second-order valence-electron chi connectivity index (χ2n) is 6.33. The Balaban J connectivity index is 1.65. The van der Waals surface area contributed by atoms with Crippen molar-refractivity contribution >= 4 is 5.91 Å². The third-order valence-electron chi connectivity index (χ3n) is 4.04. The minimum absolute atomic E-state index is 0.0802. The third kappa shape index (κ3) is 3.96. The van der Waals surface area contributed by atoms with Gasteiger partial charge in [0.05, 0.1) is 29.5 Å². The second kappa shape index (κ2) is 6.93. The number of amides is 1. The van der Waals surface area contributed by atoms with Gasteiger partial charge >= 0.3 is 0 Å². The number of nitrogens with zero attached hydrogens (tertiary/aromatic N) is 3. The van der Waals surface area contributed by atoms with Crippen molar-refractivity contribution in [3.05, 3.63) is 64.8 Å². The van der Waals surface area contributed by atoms with Crippen molar-refractivity contribution in [2.45, 2.75) is 40.2 Å². The van der Waals surface area contributed by atoms with Crippen LogP contribution < -0.4 is 5.32 Å². The predicted octanol–water partition coefficient (Wildman–Crippen LogP) is 3.21. The highest BCUT2D eigenvalue weighted by molar-refractivity contribution is 5.78. The van der Waals surface area contributed by atoms with E-state index in [-0.39, 0.29) is 18.4 Å². The summed E-state index contributed by atoms with van der Waals surface area (Å²) in [6.07, 6.45) is 0.214. The Morgan fingerprint density at radius 3 is 2.48 bits per heavy atom. The first-order valence-corrected chi connectivity index (χ1v) is 8.27. The molecule has 0 spiro atoms. The summed E-state index contributed by atoms with van der Waals surface area (Å²) >= 11 is 0. The van der Waals surface area contributed by atoms with Crippen LogP contribution in [0.5, 0.6) is 0 Å². The molecule has 6 heteroatoms. The molecule has 0 fully saturated rings. The third-order valence-corrected chi connectivity index (χ3v) is 4.04. The summed E-state index contributed by atoms with van der Waals surface area (Å²) in [6, 6.07) is 11.8. The lowest BCUT2D eigenvalue weighted by atomic mass is 10.1. The van der Waals surface area contributed by atoms with Crippen LogP contribution in [0.3, 0.4) is 0 Å². The van der Waals surface area contributed by atoms with Gasteiger partial charge < -0.3 is 9.84 Å². The standard InChI is InChI=1S/C19H22N4O2/c1-12-9-13(2)23(21-12)18-7-5-16(6-8-18)15(4)20-19(24)11-17-10-14(3)25-22-17/h5-10,15H,11H2,1-4H3,(H,20,24)/t15-/m1/s1. The molecule has 0 aliphatic carbocycles. The zero-order valence-corrected chi connectivity index (χ0v) is 14.9. The highest BCUT2D eigenvalue weighted by atomic mass is 16.5. The molecule has 130 valence electrons. The van der Waals surface area contributed by atoms with Crippen molar-refractivity contribution in [1.82, 2.24) is 20.3 Å². The summed E-state index contributed by atoms with van der Waals surface area (Å²) in [5.41, 5.74) is 4.77. The highest BCUT2D eigenvalue weighted by Crippen LogP contribution is 2.17. The van der Waals surface area contributed by atoms with Gasteiger partial charge in [-0.1, -0.05) is 17.3 Å². The fourth-order valence-electron chi connectivity index (χ4n) is 2.84. The molecule has 1 N–H and O–H groups in total. The fraction of sp³-hybridized carbons (Fsp3) is 0.316. The number of carbonyl (C=O) groups excluding carboxylic acids is 1. The Bertz CT molecular complexity index is 877. The van der Waals surface area contributed by atoms with Crippen molar-refractivity contribution in [2.24, 2.45) is 0 Å². The van der Waals surface area contributed by atoms with Crippen LogP contribution in [0, 0.1) is 20.8 Å². The van der Waals surface area contributed by atoms with E-state index in [9.17, 15) is 4.79 Å². The lowest BCUT2D eigenvalue weighted by molar-refractivity contribution is -0.121. The average Bonchev–Trinajstić information content (AvgIpc) is 3.12. The van der Waals surface area contributed by atoms with Gasteiger partial charge in [-0.3, -0.25) is 4.79 Å². The van der Waals surface area contributed by atoms with E-state index in [1.807, 2.05) is 55.8 Å². The van der Waals surface area contributed by atoms with Crippen LogP contribution in [0.2, 0.25) is 0 Å². The number of nitrogens with one attached hydrogen (secondary N) is 1. The number of carbonyl (C=O) groups is 1. The van der Waals surface area contributed by atoms with Crippen molar-refractivity contribution in [1.29, 1.82) is 0 Å². The van der Waals surface area contributed by atoms with Crippen LogP contribution in [0.15, 0.2) is 40.9 Å². The van der Waals surface area contributed by atoms with Crippen molar-refractivity contribution in [2.75, 3.05) is 0 Å². The molecule has 25 heavy (non-hydrogen) atoms. The largest absolute Gasteiger partial charge is 0.361 e. The molecule has 6 nitrogen and oxygen atoms in total. The Labute approximate surface area is 146 Å². The zero-order chi connectivity index (χ0) is 18.0. The van der Waals surface area contributed by atoms with E-state index in [1.165, 1.54) is 0 Å². The van der Waals surface area contributed by atoms with Gasteiger partial charge in [-0.25, -0.2) is 4.68 Å². The molecule has 1 aromatic carbocycles. The Morgan fingerprint density at radius 1 is 1.20 bits per heavy atom. The van der Waals surface area contributed by atoms with Crippen molar-refractivity contribution in [3.8, 4) is 5.69 Å². The molecule has 1 atom stereocenters. The molecule has 0 aliphatic rings. The number of aryl methyl sites for hydroxylation is 3. The van der Waals surface area contributed by atoms with Gasteiger partial charge in [-0.05, 0) is 51.5 Å². The maximum atomic E-state index is 12.1. The molecular weight excluding hydrogens is 316 g/mol. The van der Waals surface area contributed by atoms with Crippen molar-refractivity contribution in [3.63, 3.8) is 0 Å². The summed E-state index contributed by atoms with van der Waals surface area (Å²) in [4.78, 5) is 12.1. The molecule has 0 radical (unpaired) electrons. The summed E-state index contributed by atoms with van der Waals surface area (Å²) in [6.45, 7) is 7.78. The Hall–Kier alpha value is -2.89. The minimum Gasteiger partial charge on any atom is -0.361 e. The first kappa shape index (κ1) is 17.0. The summed E-state index contributed by atoms with van der Waals surface area (Å²) < 4.78 is 6.90. The predicted molar refractivity (Wildman–Crippen MR) is 94.5 cm³/mol. The second-order valence-corrected chi connectivity index (χ2v) is 6.33. The smallest absolute Gasteiger partial charge is 0.226 e. The van der Waals surface area contributed by atoms with E-state index in [2.05, 4.69) is 15.6 Å². The number of hydrogen-bond acceptors (Lipinski definition) is 4. The van der Waals surface area contributed by atoms with E-state index < -0.39 is 0 Å². The van der Waals surface area contributed by atoms with E-state index in [0.717, 1.165) is 22.6 Å². The van der Waals surface area contributed by atoms with Gasteiger partial charge in [0.2, 0.25) is 5.91 Å². The van der Waals surface area contributed by atoms with Gasteiger partial charge in [0.1, 0.15) is 5.76 Å². The maximum Gasteiger partial charge on any atom is 0.226 e. The van der Waals surface area contributed by atoms with Crippen molar-refractivity contribution < 1.29 is 9.32 Å². The van der Waals surface area contributed by atoms with E-state index >= 15 is 0 Å². The molecular formula is C19H22N4O2. The van der Waals surface area contributed by atoms with Crippen LogP contribution in [-0.2, 0) is 11.2 Å². The fourth-order valence-corrected chi connectivity index (χ4v) is 2.84. The van der Waals surface area contributed by atoms with E-state index in [0.29, 0.717) is 11.5 Å². The van der Waals surface area contributed by atoms with Gasteiger partial charge in [0, 0.05) is 11.8 Å². The number of benzene rings is 1. The van der Waals surface area contributed by atoms with Crippen LogP contribution in [-0.4, -0.2) is 20.8 Å².